The third-order valence-electron chi connectivity index (χ3n) is 5.51. The third-order valence-corrected chi connectivity index (χ3v) is 6.89. The molecule has 206 valence electrons. The summed E-state index contributed by atoms with van der Waals surface area (Å²) >= 11 is 0. The molecule has 1 heterocycles. The summed E-state index contributed by atoms with van der Waals surface area (Å²) < 4.78 is 42.6. The van der Waals surface area contributed by atoms with Gasteiger partial charge in [-0.15, -0.1) is 0 Å². The molecular formula is C26H33N3O8S. The van der Waals surface area contributed by atoms with Gasteiger partial charge in [0.15, 0.2) is 0 Å². The molecule has 0 spiro atoms. The lowest BCUT2D eigenvalue weighted by atomic mass is 10.1. The number of aromatic hydroxyl groups is 1. The third kappa shape index (κ3) is 9.14. The van der Waals surface area contributed by atoms with E-state index in [4.69, 9.17) is 13.7 Å². The first-order valence-corrected chi connectivity index (χ1v) is 13.5. The Balaban J connectivity index is 1.54. The Morgan fingerprint density at radius 1 is 1.03 bits per heavy atom. The van der Waals surface area contributed by atoms with Gasteiger partial charge >= 0.3 is 0 Å². The lowest BCUT2D eigenvalue weighted by molar-refractivity contribution is -0.125. The Kier molecular flexibility index (Phi) is 10.7. The van der Waals surface area contributed by atoms with Crippen molar-refractivity contribution in [2.75, 3.05) is 39.5 Å². The molecule has 0 saturated heterocycles. The molecule has 4 N–H and O–H groups in total. The number of hydrogen-bond acceptors (Lipinski definition) is 8. The van der Waals surface area contributed by atoms with Crippen molar-refractivity contribution in [3.05, 3.63) is 59.8 Å². The number of aromatic amines is 1. The van der Waals surface area contributed by atoms with Crippen LogP contribution in [0.15, 0.2) is 53.6 Å². The molecule has 12 heteroatoms. The second kappa shape index (κ2) is 13.9. The first kappa shape index (κ1) is 29.1. The quantitative estimate of drug-likeness (QED) is 0.166. The standard InChI is InChI=1S/C26H33N3O8S/c1-18-3-6-23(7-4-18)38(33,34)37-22(13-20-15-29-25-8-5-21(31)14-24(20)25)17-36-12-11-35-10-9-27-26(32)16-28-19(2)30/h3-8,14-15,22,29,31H,9-13,16-17H2,1-2H3,(H,27,32)(H,28,30). The molecular weight excluding hydrogens is 514 g/mol. The van der Waals surface area contributed by atoms with Crippen molar-refractivity contribution in [1.29, 1.82) is 0 Å². The Morgan fingerprint density at radius 2 is 1.76 bits per heavy atom. The molecule has 3 aromatic rings. The average molecular weight is 548 g/mol. The van der Waals surface area contributed by atoms with Gasteiger partial charge in [-0.3, -0.25) is 13.8 Å². The van der Waals surface area contributed by atoms with Crippen LogP contribution in [0.2, 0.25) is 0 Å². The predicted molar refractivity (Wildman–Crippen MR) is 140 cm³/mol. The van der Waals surface area contributed by atoms with Crippen LogP contribution in [0.4, 0.5) is 0 Å². The van der Waals surface area contributed by atoms with Crippen LogP contribution in [0.5, 0.6) is 5.75 Å². The molecule has 38 heavy (non-hydrogen) atoms. The Bertz CT molecular complexity index is 1320. The SMILES string of the molecule is CC(=O)NCC(=O)NCCOCCOCC(Cc1c[nH]c2ccc(O)cc12)OS(=O)(=O)c1ccc(C)cc1. The molecule has 0 saturated carbocycles. The molecule has 0 radical (unpaired) electrons. The van der Waals surface area contributed by atoms with E-state index in [0.29, 0.717) is 0 Å². The lowest BCUT2D eigenvalue weighted by Gasteiger charge is -2.18. The summed E-state index contributed by atoms with van der Waals surface area (Å²) in [4.78, 5) is 25.5. The van der Waals surface area contributed by atoms with Gasteiger partial charge in [-0.05, 0) is 42.8 Å². The molecule has 0 fully saturated rings. The lowest BCUT2D eigenvalue weighted by Crippen LogP contribution is -2.37. The number of benzene rings is 2. The summed E-state index contributed by atoms with van der Waals surface area (Å²) in [5.74, 6) is -0.506. The van der Waals surface area contributed by atoms with Gasteiger partial charge < -0.3 is 30.2 Å². The second-order valence-electron chi connectivity index (χ2n) is 8.68. The van der Waals surface area contributed by atoms with Gasteiger partial charge in [-0.2, -0.15) is 8.42 Å². The number of carbonyl (C=O) groups excluding carboxylic acids is 2. The molecule has 2 amide bonds. The van der Waals surface area contributed by atoms with E-state index in [9.17, 15) is 23.1 Å². The molecule has 0 aliphatic heterocycles. The highest BCUT2D eigenvalue weighted by atomic mass is 32.2. The van der Waals surface area contributed by atoms with Gasteiger partial charge in [0, 0.05) is 37.0 Å². The molecule has 1 atom stereocenters. The van der Waals surface area contributed by atoms with Gasteiger partial charge in [-0.1, -0.05) is 17.7 Å². The van der Waals surface area contributed by atoms with Crippen LogP contribution in [-0.4, -0.2) is 75.9 Å². The number of carbonyl (C=O) groups is 2. The highest BCUT2D eigenvalue weighted by molar-refractivity contribution is 7.86. The zero-order chi connectivity index (χ0) is 27.5. The zero-order valence-corrected chi connectivity index (χ0v) is 22.2. The van der Waals surface area contributed by atoms with Crippen LogP contribution in [0.25, 0.3) is 10.9 Å². The van der Waals surface area contributed by atoms with E-state index in [1.807, 2.05) is 6.92 Å². The monoisotopic (exact) mass is 547 g/mol. The molecule has 0 bridgehead atoms. The minimum Gasteiger partial charge on any atom is -0.508 e. The van der Waals surface area contributed by atoms with Crippen LogP contribution in [0.1, 0.15) is 18.1 Å². The maximum atomic E-state index is 12.9. The average Bonchev–Trinajstić information content (AvgIpc) is 3.25. The summed E-state index contributed by atoms with van der Waals surface area (Å²) in [6.07, 6.45) is 1.13. The van der Waals surface area contributed by atoms with E-state index in [1.54, 1.807) is 36.5 Å². The Hall–Kier alpha value is -3.45. The maximum Gasteiger partial charge on any atom is 0.297 e. The highest BCUT2D eigenvalue weighted by Crippen LogP contribution is 2.25. The summed E-state index contributed by atoms with van der Waals surface area (Å²) in [6.45, 7) is 3.99. The highest BCUT2D eigenvalue weighted by Gasteiger charge is 2.24. The molecule has 2 aromatic carbocycles. The fourth-order valence-electron chi connectivity index (χ4n) is 3.61. The summed E-state index contributed by atoms with van der Waals surface area (Å²) in [5, 5.41) is 15.7. The van der Waals surface area contributed by atoms with Crippen molar-refractivity contribution >= 4 is 32.8 Å². The Morgan fingerprint density at radius 3 is 2.50 bits per heavy atom. The number of ether oxygens (including phenoxy) is 2. The zero-order valence-electron chi connectivity index (χ0n) is 21.4. The number of rotatable bonds is 15. The van der Waals surface area contributed by atoms with Crippen molar-refractivity contribution in [3.8, 4) is 5.75 Å². The van der Waals surface area contributed by atoms with Gasteiger partial charge in [-0.25, -0.2) is 0 Å². The fourth-order valence-corrected chi connectivity index (χ4v) is 4.67. The predicted octanol–water partition coefficient (Wildman–Crippen LogP) is 1.78. The second-order valence-corrected chi connectivity index (χ2v) is 10.3. The number of nitrogens with one attached hydrogen (secondary N) is 3. The largest absolute Gasteiger partial charge is 0.508 e. The number of phenolic OH excluding ortho intramolecular Hbond substituents is 1. The number of fused-ring (bicyclic) bond motifs is 1. The van der Waals surface area contributed by atoms with E-state index < -0.39 is 16.2 Å². The normalized spacial score (nSPS) is 12.4. The van der Waals surface area contributed by atoms with Crippen LogP contribution in [0.3, 0.4) is 0 Å². The topological polar surface area (TPSA) is 156 Å². The molecule has 0 aliphatic rings. The molecule has 1 aromatic heterocycles. The van der Waals surface area contributed by atoms with E-state index in [2.05, 4.69) is 15.6 Å². The maximum absolute atomic E-state index is 12.9. The van der Waals surface area contributed by atoms with Crippen LogP contribution < -0.4 is 10.6 Å². The summed E-state index contributed by atoms with van der Waals surface area (Å²) in [7, 11) is -4.05. The number of amides is 2. The van der Waals surface area contributed by atoms with Crippen molar-refractivity contribution < 1.29 is 36.8 Å². The van der Waals surface area contributed by atoms with E-state index in [1.165, 1.54) is 19.1 Å². The minimum atomic E-state index is -4.05. The fraction of sp³-hybridized carbons (Fsp3) is 0.385. The van der Waals surface area contributed by atoms with Crippen molar-refractivity contribution in [1.82, 2.24) is 15.6 Å². The summed E-state index contributed by atoms with van der Waals surface area (Å²) in [6, 6.07) is 11.3. The van der Waals surface area contributed by atoms with E-state index in [-0.39, 0.29) is 68.4 Å². The van der Waals surface area contributed by atoms with E-state index >= 15 is 0 Å². The molecule has 0 aliphatic carbocycles. The van der Waals surface area contributed by atoms with Gasteiger partial charge in [0.1, 0.15) is 11.9 Å². The van der Waals surface area contributed by atoms with E-state index in [0.717, 1.165) is 22.0 Å². The minimum absolute atomic E-state index is 0.0204. The number of aromatic nitrogens is 1. The van der Waals surface area contributed by atoms with Crippen LogP contribution >= 0.6 is 0 Å². The van der Waals surface area contributed by atoms with Crippen LogP contribution in [-0.2, 0) is 39.8 Å². The number of phenols is 1. The smallest absolute Gasteiger partial charge is 0.297 e. The number of hydrogen-bond donors (Lipinski definition) is 4. The first-order valence-electron chi connectivity index (χ1n) is 12.1. The van der Waals surface area contributed by atoms with Crippen molar-refractivity contribution in [2.24, 2.45) is 0 Å². The van der Waals surface area contributed by atoms with Gasteiger partial charge in [0.05, 0.1) is 37.9 Å². The van der Waals surface area contributed by atoms with Crippen molar-refractivity contribution in [3.63, 3.8) is 0 Å². The molecule has 3 rings (SSSR count). The van der Waals surface area contributed by atoms with Crippen molar-refractivity contribution in [2.45, 2.75) is 31.3 Å². The molecule has 11 nitrogen and oxygen atoms in total. The first-order chi connectivity index (χ1) is 18.1. The van der Waals surface area contributed by atoms with Crippen LogP contribution in [0, 0.1) is 6.92 Å². The van der Waals surface area contributed by atoms with Gasteiger partial charge in [0.25, 0.3) is 10.1 Å². The number of H-pyrrole nitrogens is 1. The van der Waals surface area contributed by atoms with Gasteiger partial charge in [0.2, 0.25) is 11.8 Å². The Labute approximate surface area is 221 Å². The summed E-state index contributed by atoms with van der Waals surface area (Å²) in [5.41, 5.74) is 2.50. The number of aryl methyl sites for hydroxylation is 1. The molecule has 1 unspecified atom stereocenters.